The van der Waals surface area contributed by atoms with E-state index >= 15 is 0 Å². The van der Waals surface area contributed by atoms with Gasteiger partial charge in [-0.2, -0.15) is 0 Å². The van der Waals surface area contributed by atoms with Crippen molar-refractivity contribution < 1.29 is 23.4 Å². The SMILES string of the molecule is COc1ccc(CO[C@@H]2C=C(CO[Si](C)(C)C(C)(C)C)C(=O)[C@@H](C(C)=CCCC(C)C)[C@@H]2OC)cc1. The summed E-state index contributed by atoms with van der Waals surface area (Å²) < 4.78 is 24.0. The van der Waals surface area contributed by atoms with Gasteiger partial charge in [0.1, 0.15) is 18.0 Å². The van der Waals surface area contributed by atoms with E-state index in [9.17, 15) is 4.79 Å². The molecular formula is C30H48O5Si. The van der Waals surface area contributed by atoms with Crippen molar-refractivity contribution in [2.24, 2.45) is 11.8 Å². The highest BCUT2D eigenvalue weighted by Gasteiger charge is 2.43. The van der Waals surface area contributed by atoms with Gasteiger partial charge in [0.25, 0.3) is 0 Å². The predicted molar refractivity (Wildman–Crippen MR) is 150 cm³/mol. The van der Waals surface area contributed by atoms with Crippen LogP contribution in [0.3, 0.4) is 0 Å². The van der Waals surface area contributed by atoms with E-state index in [0.717, 1.165) is 29.7 Å². The normalized spacial score (nSPS) is 21.6. The topological polar surface area (TPSA) is 54.0 Å². The molecule has 0 bridgehead atoms. The Kier molecular flexibility index (Phi) is 11.2. The number of hydrogen-bond acceptors (Lipinski definition) is 5. The largest absolute Gasteiger partial charge is 0.497 e. The third-order valence-corrected chi connectivity index (χ3v) is 12.1. The molecule has 0 unspecified atom stereocenters. The number of carbonyl (C=O) groups excluding carboxylic acids is 1. The number of allylic oxidation sites excluding steroid dienone is 1. The maximum absolute atomic E-state index is 13.8. The Labute approximate surface area is 220 Å². The second-order valence-electron chi connectivity index (χ2n) is 11.8. The van der Waals surface area contributed by atoms with Crippen LogP contribution in [0.25, 0.3) is 0 Å². The van der Waals surface area contributed by atoms with Gasteiger partial charge in [0.05, 0.1) is 26.2 Å². The number of benzene rings is 1. The maximum Gasteiger partial charge on any atom is 0.192 e. The molecule has 0 aliphatic heterocycles. The lowest BCUT2D eigenvalue weighted by atomic mass is 9.78. The zero-order valence-corrected chi connectivity index (χ0v) is 25.1. The van der Waals surface area contributed by atoms with Crippen LogP contribution in [-0.2, 0) is 25.3 Å². The standard InChI is InChI=1S/C30H48O5Si/c1-21(2)12-11-13-22(3)27-28(31)24(20-35-36(9,10)30(4,5)6)18-26(29(27)33-8)34-19-23-14-16-25(32-7)17-15-23/h13-18,21,26-27,29H,11-12,19-20H2,1-10H3/t26-,27-,29-/m1/s1. The zero-order valence-electron chi connectivity index (χ0n) is 24.1. The van der Waals surface area contributed by atoms with Crippen molar-refractivity contribution in [3.05, 3.63) is 53.1 Å². The predicted octanol–water partition coefficient (Wildman–Crippen LogP) is 7.13. The summed E-state index contributed by atoms with van der Waals surface area (Å²) in [4.78, 5) is 13.8. The fourth-order valence-electron chi connectivity index (χ4n) is 4.07. The third kappa shape index (κ3) is 8.14. The average Bonchev–Trinajstić information content (AvgIpc) is 2.81. The average molecular weight is 517 g/mol. The Bertz CT molecular complexity index is 908. The van der Waals surface area contributed by atoms with Gasteiger partial charge in [-0.25, -0.2) is 0 Å². The molecule has 0 saturated carbocycles. The molecule has 202 valence electrons. The van der Waals surface area contributed by atoms with E-state index in [1.165, 1.54) is 0 Å². The molecule has 0 radical (unpaired) electrons. The summed E-state index contributed by atoms with van der Waals surface area (Å²) in [5.41, 5.74) is 2.77. The Balaban J connectivity index is 2.33. The molecule has 0 amide bonds. The first-order chi connectivity index (χ1) is 16.8. The van der Waals surface area contributed by atoms with Crippen molar-refractivity contribution in [1.29, 1.82) is 0 Å². The highest BCUT2D eigenvalue weighted by molar-refractivity contribution is 6.74. The molecule has 3 atom stereocenters. The van der Waals surface area contributed by atoms with Crippen LogP contribution in [0.4, 0.5) is 0 Å². The summed E-state index contributed by atoms with van der Waals surface area (Å²) in [5.74, 6) is 1.13. The molecule has 0 N–H and O–H groups in total. The van der Waals surface area contributed by atoms with Gasteiger partial charge in [0.15, 0.2) is 14.1 Å². The molecule has 0 saturated heterocycles. The quantitative estimate of drug-likeness (QED) is 0.219. The number of carbonyl (C=O) groups is 1. The molecule has 1 aromatic carbocycles. The number of methoxy groups -OCH3 is 2. The van der Waals surface area contributed by atoms with Crippen molar-refractivity contribution in [3.63, 3.8) is 0 Å². The number of ketones is 1. The van der Waals surface area contributed by atoms with Gasteiger partial charge in [-0.1, -0.05) is 58.4 Å². The van der Waals surface area contributed by atoms with Crippen LogP contribution in [0.15, 0.2) is 47.6 Å². The van der Waals surface area contributed by atoms with Gasteiger partial charge in [-0.15, -0.1) is 0 Å². The first kappa shape index (κ1) is 30.5. The number of Topliss-reactive ketones (excluding diaryl/α,β-unsaturated/α-hetero) is 1. The summed E-state index contributed by atoms with van der Waals surface area (Å²) in [7, 11) is 1.30. The van der Waals surface area contributed by atoms with Crippen LogP contribution in [0.2, 0.25) is 18.1 Å². The lowest BCUT2D eigenvalue weighted by Gasteiger charge is -2.39. The molecule has 0 fully saturated rings. The maximum atomic E-state index is 13.8. The van der Waals surface area contributed by atoms with Gasteiger partial charge in [0, 0.05) is 12.7 Å². The Hall–Kier alpha value is -1.73. The summed E-state index contributed by atoms with van der Waals surface area (Å²) in [6.45, 7) is 18.3. The zero-order chi connectivity index (χ0) is 27.1. The van der Waals surface area contributed by atoms with Gasteiger partial charge < -0.3 is 18.6 Å². The summed E-state index contributed by atoms with van der Waals surface area (Å²) in [6.07, 6.45) is 5.43. The fourth-order valence-corrected chi connectivity index (χ4v) is 5.02. The highest BCUT2D eigenvalue weighted by atomic mass is 28.4. The van der Waals surface area contributed by atoms with Crippen molar-refractivity contribution in [1.82, 2.24) is 0 Å². The van der Waals surface area contributed by atoms with Crippen LogP contribution in [0.5, 0.6) is 5.75 Å². The van der Waals surface area contributed by atoms with Gasteiger partial charge in [0.2, 0.25) is 0 Å². The summed E-state index contributed by atoms with van der Waals surface area (Å²) in [6, 6.07) is 7.84. The van der Waals surface area contributed by atoms with Crippen LogP contribution < -0.4 is 4.74 Å². The summed E-state index contributed by atoms with van der Waals surface area (Å²) in [5, 5.41) is 0.0661. The van der Waals surface area contributed by atoms with E-state index in [1.807, 2.05) is 37.3 Å². The second kappa shape index (κ2) is 13.2. The van der Waals surface area contributed by atoms with E-state index in [0.29, 0.717) is 24.7 Å². The van der Waals surface area contributed by atoms with E-state index < -0.39 is 8.32 Å². The van der Waals surface area contributed by atoms with E-state index in [-0.39, 0.29) is 28.9 Å². The Morgan fingerprint density at radius 2 is 1.72 bits per heavy atom. The second-order valence-corrected chi connectivity index (χ2v) is 16.6. The molecule has 1 aromatic rings. The van der Waals surface area contributed by atoms with Crippen LogP contribution in [0.1, 0.15) is 59.9 Å². The van der Waals surface area contributed by atoms with Gasteiger partial charge in [-0.05, 0) is 67.6 Å². The van der Waals surface area contributed by atoms with E-state index in [1.54, 1.807) is 14.2 Å². The molecule has 2 rings (SSSR count). The van der Waals surface area contributed by atoms with Crippen molar-refractivity contribution in [2.45, 2.75) is 91.3 Å². The Morgan fingerprint density at radius 3 is 2.25 bits per heavy atom. The lowest BCUT2D eigenvalue weighted by molar-refractivity contribution is -0.130. The van der Waals surface area contributed by atoms with E-state index in [2.05, 4.69) is 53.8 Å². The van der Waals surface area contributed by atoms with Crippen molar-refractivity contribution in [2.75, 3.05) is 20.8 Å². The Morgan fingerprint density at radius 1 is 1.08 bits per heavy atom. The lowest BCUT2D eigenvalue weighted by Crippen LogP contribution is -2.47. The molecule has 0 heterocycles. The van der Waals surface area contributed by atoms with E-state index in [4.69, 9.17) is 18.6 Å². The first-order valence-electron chi connectivity index (χ1n) is 13.1. The molecule has 0 aromatic heterocycles. The molecule has 0 spiro atoms. The third-order valence-electron chi connectivity index (χ3n) is 7.59. The molecule has 1 aliphatic carbocycles. The van der Waals surface area contributed by atoms with Crippen molar-refractivity contribution >= 4 is 14.1 Å². The monoisotopic (exact) mass is 516 g/mol. The first-order valence-corrected chi connectivity index (χ1v) is 16.0. The van der Waals surface area contributed by atoms with Crippen LogP contribution >= 0.6 is 0 Å². The number of ether oxygens (including phenoxy) is 3. The smallest absolute Gasteiger partial charge is 0.192 e. The number of hydrogen-bond donors (Lipinski definition) is 0. The fraction of sp³-hybridized carbons (Fsp3) is 0.633. The highest BCUT2D eigenvalue weighted by Crippen LogP contribution is 2.38. The molecule has 5 nitrogen and oxygen atoms in total. The van der Waals surface area contributed by atoms with Gasteiger partial charge in [-0.3, -0.25) is 4.79 Å². The van der Waals surface area contributed by atoms with Crippen molar-refractivity contribution in [3.8, 4) is 5.75 Å². The molecule has 6 heteroatoms. The molecular weight excluding hydrogens is 468 g/mol. The number of rotatable bonds is 12. The minimum Gasteiger partial charge on any atom is -0.497 e. The minimum absolute atomic E-state index is 0.0661. The summed E-state index contributed by atoms with van der Waals surface area (Å²) >= 11 is 0. The van der Waals surface area contributed by atoms with Gasteiger partial charge >= 0.3 is 0 Å². The van der Waals surface area contributed by atoms with Crippen LogP contribution in [-0.4, -0.2) is 47.1 Å². The molecule has 36 heavy (non-hydrogen) atoms. The van der Waals surface area contributed by atoms with Crippen LogP contribution in [0, 0.1) is 11.8 Å². The minimum atomic E-state index is -2.02. The molecule has 1 aliphatic rings.